The van der Waals surface area contributed by atoms with E-state index in [1.165, 1.54) is 12.3 Å². The molecule has 0 aliphatic rings. The molecule has 19 heavy (non-hydrogen) atoms. The summed E-state index contributed by atoms with van der Waals surface area (Å²) >= 11 is 5.69. The number of aromatic nitrogens is 3. The van der Waals surface area contributed by atoms with Crippen LogP contribution >= 0.6 is 11.6 Å². The molecule has 0 saturated carbocycles. The molecule has 0 unspecified atom stereocenters. The van der Waals surface area contributed by atoms with Gasteiger partial charge in [0.15, 0.2) is 0 Å². The Hall–Kier alpha value is -2.27. The lowest BCUT2D eigenvalue weighted by atomic mass is 10.2. The monoisotopic (exact) mass is 275 g/mol. The number of halogens is 2. The van der Waals surface area contributed by atoms with E-state index in [0.29, 0.717) is 16.3 Å². The summed E-state index contributed by atoms with van der Waals surface area (Å²) < 4.78 is 18.7. The predicted molar refractivity (Wildman–Crippen MR) is 67.9 cm³/mol. The molecule has 1 aromatic carbocycles. The second kappa shape index (κ2) is 4.78. The van der Waals surface area contributed by atoms with Crippen LogP contribution < -0.4 is 0 Å². The maximum atomic E-state index is 13.6. The molecule has 4 nitrogen and oxygen atoms in total. The van der Waals surface area contributed by atoms with Crippen LogP contribution in [0.25, 0.3) is 22.8 Å². The van der Waals surface area contributed by atoms with E-state index >= 15 is 0 Å². The van der Waals surface area contributed by atoms with Crippen molar-refractivity contribution in [2.45, 2.75) is 0 Å². The molecule has 2 aromatic heterocycles. The summed E-state index contributed by atoms with van der Waals surface area (Å²) in [5.41, 5.74) is 0.916. The molecule has 0 atom stereocenters. The SMILES string of the molecule is Fc1ccccc1-c1noc(-c2ccc(Cl)nc2)n1. The molecular weight excluding hydrogens is 269 g/mol. The zero-order chi connectivity index (χ0) is 13.2. The fourth-order valence-electron chi connectivity index (χ4n) is 1.60. The van der Waals surface area contributed by atoms with E-state index in [-0.39, 0.29) is 11.7 Å². The van der Waals surface area contributed by atoms with E-state index in [4.69, 9.17) is 16.1 Å². The minimum absolute atomic E-state index is 0.197. The van der Waals surface area contributed by atoms with E-state index < -0.39 is 5.82 Å². The molecule has 3 aromatic rings. The van der Waals surface area contributed by atoms with E-state index in [1.54, 1.807) is 30.3 Å². The van der Waals surface area contributed by atoms with Crippen molar-refractivity contribution >= 4 is 11.6 Å². The van der Waals surface area contributed by atoms with Gasteiger partial charge in [0.1, 0.15) is 11.0 Å². The molecule has 0 amide bonds. The topological polar surface area (TPSA) is 51.8 Å². The highest BCUT2D eigenvalue weighted by atomic mass is 35.5. The third-order valence-electron chi connectivity index (χ3n) is 2.52. The smallest absolute Gasteiger partial charge is 0.259 e. The number of hydrogen-bond donors (Lipinski definition) is 0. The van der Waals surface area contributed by atoms with Crippen molar-refractivity contribution in [3.63, 3.8) is 0 Å². The average molecular weight is 276 g/mol. The Morgan fingerprint density at radius 1 is 1.11 bits per heavy atom. The van der Waals surface area contributed by atoms with Gasteiger partial charge in [-0.3, -0.25) is 0 Å². The van der Waals surface area contributed by atoms with Crippen molar-refractivity contribution in [2.24, 2.45) is 0 Å². The van der Waals surface area contributed by atoms with Gasteiger partial charge in [-0.15, -0.1) is 0 Å². The summed E-state index contributed by atoms with van der Waals surface area (Å²) in [6, 6.07) is 9.55. The summed E-state index contributed by atoms with van der Waals surface area (Å²) in [4.78, 5) is 8.06. The van der Waals surface area contributed by atoms with Gasteiger partial charge in [-0.1, -0.05) is 28.9 Å². The maximum Gasteiger partial charge on any atom is 0.259 e. The van der Waals surface area contributed by atoms with Gasteiger partial charge in [0.25, 0.3) is 5.89 Å². The summed E-state index contributed by atoms with van der Waals surface area (Å²) in [6.45, 7) is 0. The first-order chi connectivity index (χ1) is 9.24. The van der Waals surface area contributed by atoms with Crippen LogP contribution in [-0.2, 0) is 0 Å². The molecule has 6 heteroatoms. The van der Waals surface area contributed by atoms with E-state index in [2.05, 4.69) is 15.1 Å². The largest absolute Gasteiger partial charge is 0.334 e. The van der Waals surface area contributed by atoms with Crippen LogP contribution in [0.3, 0.4) is 0 Å². The molecule has 94 valence electrons. The molecule has 0 fully saturated rings. The summed E-state index contributed by atoms with van der Waals surface area (Å²) in [5.74, 6) is 0.0644. The standard InChI is InChI=1S/C13H7ClFN3O/c14-11-6-5-8(7-16-11)13-17-12(18-19-13)9-3-1-2-4-10(9)15/h1-7H. The molecule has 0 N–H and O–H groups in total. The zero-order valence-electron chi connectivity index (χ0n) is 9.55. The molecule has 0 aliphatic carbocycles. The highest BCUT2D eigenvalue weighted by Crippen LogP contribution is 2.23. The molecule has 0 radical (unpaired) electrons. The van der Waals surface area contributed by atoms with Crippen molar-refractivity contribution in [3.05, 3.63) is 53.6 Å². The first kappa shape index (κ1) is 11.8. The minimum Gasteiger partial charge on any atom is -0.334 e. The Balaban J connectivity index is 2.00. The lowest BCUT2D eigenvalue weighted by Gasteiger charge is -1.95. The van der Waals surface area contributed by atoms with E-state index in [9.17, 15) is 4.39 Å². The van der Waals surface area contributed by atoms with E-state index in [0.717, 1.165) is 0 Å². The fourth-order valence-corrected chi connectivity index (χ4v) is 1.71. The van der Waals surface area contributed by atoms with Crippen molar-refractivity contribution < 1.29 is 8.91 Å². The molecule has 3 rings (SSSR count). The number of hydrogen-bond acceptors (Lipinski definition) is 4. The van der Waals surface area contributed by atoms with Crippen molar-refractivity contribution in [3.8, 4) is 22.8 Å². The van der Waals surface area contributed by atoms with Gasteiger partial charge in [-0.05, 0) is 24.3 Å². The highest BCUT2D eigenvalue weighted by molar-refractivity contribution is 6.29. The highest BCUT2D eigenvalue weighted by Gasteiger charge is 2.13. The molecular formula is C13H7ClFN3O. The van der Waals surface area contributed by atoms with Gasteiger partial charge < -0.3 is 4.52 Å². The zero-order valence-corrected chi connectivity index (χ0v) is 10.3. The minimum atomic E-state index is -0.399. The second-order valence-electron chi connectivity index (χ2n) is 3.77. The van der Waals surface area contributed by atoms with Gasteiger partial charge in [-0.2, -0.15) is 4.98 Å². The Morgan fingerprint density at radius 3 is 2.68 bits per heavy atom. The van der Waals surface area contributed by atoms with Crippen molar-refractivity contribution in [1.82, 2.24) is 15.1 Å². The molecule has 2 heterocycles. The summed E-state index contributed by atoms with van der Waals surface area (Å²) in [5, 5.41) is 4.13. The van der Waals surface area contributed by atoms with Crippen molar-refractivity contribution in [2.75, 3.05) is 0 Å². The van der Waals surface area contributed by atoms with Crippen LogP contribution in [0, 0.1) is 5.82 Å². The number of nitrogens with zero attached hydrogens (tertiary/aromatic N) is 3. The van der Waals surface area contributed by atoms with Crippen molar-refractivity contribution in [1.29, 1.82) is 0 Å². The van der Waals surface area contributed by atoms with Crippen LogP contribution in [0.15, 0.2) is 47.1 Å². The maximum absolute atomic E-state index is 13.6. The summed E-state index contributed by atoms with van der Waals surface area (Å²) in [6.07, 6.45) is 1.51. The van der Waals surface area contributed by atoms with Gasteiger partial charge in [0, 0.05) is 6.20 Å². The van der Waals surface area contributed by atoms with Crippen LogP contribution in [-0.4, -0.2) is 15.1 Å². The second-order valence-corrected chi connectivity index (χ2v) is 4.16. The number of pyridine rings is 1. The number of benzene rings is 1. The third-order valence-corrected chi connectivity index (χ3v) is 2.74. The Labute approximate surface area is 112 Å². The first-order valence-electron chi connectivity index (χ1n) is 5.44. The van der Waals surface area contributed by atoms with Gasteiger partial charge in [0.2, 0.25) is 5.82 Å². The van der Waals surface area contributed by atoms with Crippen LogP contribution in [0.4, 0.5) is 4.39 Å². The molecule has 0 spiro atoms. The Morgan fingerprint density at radius 2 is 1.95 bits per heavy atom. The van der Waals surface area contributed by atoms with Gasteiger partial charge in [0.05, 0.1) is 11.1 Å². The lowest BCUT2D eigenvalue weighted by molar-refractivity contribution is 0.431. The normalized spacial score (nSPS) is 10.6. The van der Waals surface area contributed by atoms with Crippen LogP contribution in [0.1, 0.15) is 0 Å². The van der Waals surface area contributed by atoms with Crippen LogP contribution in [0.5, 0.6) is 0 Å². The first-order valence-corrected chi connectivity index (χ1v) is 5.82. The molecule has 0 saturated heterocycles. The van der Waals surface area contributed by atoms with Gasteiger partial charge >= 0.3 is 0 Å². The molecule has 0 bridgehead atoms. The summed E-state index contributed by atoms with van der Waals surface area (Å²) in [7, 11) is 0. The number of rotatable bonds is 2. The average Bonchev–Trinajstić information content (AvgIpc) is 2.89. The lowest BCUT2D eigenvalue weighted by Crippen LogP contribution is -1.86. The Kier molecular flexibility index (Phi) is 2.97. The van der Waals surface area contributed by atoms with Crippen LogP contribution in [0.2, 0.25) is 5.15 Å². The fraction of sp³-hybridized carbons (Fsp3) is 0. The Bertz CT molecular complexity index is 712. The quantitative estimate of drug-likeness (QED) is 0.671. The third kappa shape index (κ3) is 2.32. The van der Waals surface area contributed by atoms with E-state index in [1.807, 2.05) is 0 Å². The molecule has 0 aliphatic heterocycles. The van der Waals surface area contributed by atoms with Gasteiger partial charge in [-0.25, -0.2) is 9.37 Å². The predicted octanol–water partition coefficient (Wildman–Crippen LogP) is 3.59.